The van der Waals surface area contributed by atoms with E-state index in [4.69, 9.17) is 14.3 Å². The number of allylic oxidation sites excluding steroid dienone is 2. The van der Waals surface area contributed by atoms with Gasteiger partial charge in [-0.15, -0.1) is 11.3 Å². The first-order valence-electron chi connectivity index (χ1n) is 10.6. The molecule has 1 amide bonds. The number of ether oxygens (including phenoxy) is 1. The Morgan fingerprint density at radius 2 is 2.09 bits per heavy atom. The maximum atomic E-state index is 12.8. The van der Waals surface area contributed by atoms with Crippen LogP contribution in [0.3, 0.4) is 0 Å². The van der Waals surface area contributed by atoms with Crippen LogP contribution in [0.2, 0.25) is 0 Å². The fraction of sp³-hybridized carbons (Fsp3) is 0.375. The highest BCUT2D eigenvalue weighted by Gasteiger charge is 2.22. The van der Waals surface area contributed by atoms with Gasteiger partial charge in [0.25, 0.3) is 0 Å². The molecule has 3 N–H and O–H groups in total. The van der Waals surface area contributed by atoms with Crippen LogP contribution < -0.4 is 10.9 Å². The van der Waals surface area contributed by atoms with E-state index < -0.39 is 28.8 Å². The number of hydrogen-bond donors (Lipinski definition) is 3. The monoisotopic (exact) mass is 475 g/mol. The highest BCUT2D eigenvalue weighted by atomic mass is 32.1. The van der Waals surface area contributed by atoms with Crippen LogP contribution in [0.5, 0.6) is 5.75 Å². The summed E-state index contributed by atoms with van der Waals surface area (Å²) in [5, 5.41) is 21.0. The zero-order valence-corrected chi connectivity index (χ0v) is 19.7. The Labute approximate surface area is 196 Å². The molecular formula is C24H29NO7S. The van der Waals surface area contributed by atoms with Crippen molar-refractivity contribution in [2.75, 3.05) is 6.61 Å². The minimum atomic E-state index is -1.15. The molecule has 1 atom stereocenters. The molecule has 0 aliphatic rings. The van der Waals surface area contributed by atoms with Crippen LogP contribution in [0.4, 0.5) is 4.79 Å². The molecule has 178 valence electrons. The predicted octanol–water partition coefficient (Wildman–Crippen LogP) is 5.28. The normalized spacial score (nSPS) is 12.8. The summed E-state index contributed by atoms with van der Waals surface area (Å²) in [6.45, 7) is 6.62. The second kappa shape index (κ2) is 12.8. The van der Waals surface area contributed by atoms with E-state index in [1.165, 1.54) is 23.6 Å². The van der Waals surface area contributed by atoms with Crippen molar-refractivity contribution in [3.8, 4) is 5.75 Å². The van der Waals surface area contributed by atoms with Gasteiger partial charge in [-0.2, -0.15) is 0 Å². The fourth-order valence-corrected chi connectivity index (χ4v) is 3.95. The number of carbonyl (C=O) groups is 2. The first-order valence-corrected chi connectivity index (χ1v) is 11.5. The second-order valence-electron chi connectivity index (χ2n) is 7.54. The predicted molar refractivity (Wildman–Crippen MR) is 127 cm³/mol. The number of ketones is 1. The third-order valence-electron chi connectivity index (χ3n) is 4.75. The number of thiophene rings is 1. The van der Waals surface area contributed by atoms with Crippen LogP contribution in [0.1, 0.15) is 71.8 Å². The van der Waals surface area contributed by atoms with Gasteiger partial charge in [0.2, 0.25) is 0 Å². The van der Waals surface area contributed by atoms with Gasteiger partial charge in [0.15, 0.2) is 5.78 Å². The molecule has 1 unspecified atom stereocenters. The molecule has 2 heterocycles. The van der Waals surface area contributed by atoms with Crippen molar-refractivity contribution < 1.29 is 29.0 Å². The molecule has 33 heavy (non-hydrogen) atoms. The van der Waals surface area contributed by atoms with Gasteiger partial charge in [0, 0.05) is 34.5 Å². The van der Waals surface area contributed by atoms with Crippen LogP contribution >= 0.6 is 11.3 Å². The van der Waals surface area contributed by atoms with Gasteiger partial charge in [0.1, 0.15) is 17.1 Å². The molecule has 0 radical (unpaired) electrons. The molecule has 0 aliphatic heterocycles. The zero-order valence-electron chi connectivity index (χ0n) is 18.9. The second-order valence-corrected chi connectivity index (χ2v) is 8.74. The highest BCUT2D eigenvalue weighted by Crippen LogP contribution is 2.27. The van der Waals surface area contributed by atoms with Gasteiger partial charge in [-0.05, 0) is 50.0 Å². The van der Waals surface area contributed by atoms with E-state index in [9.17, 15) is 19.5 Å². The standard InChI is InChI=1S/C24H29NO7S/c1-4-11-31-14-18-9-8-17(33-18)12-16(3)22(27)21-19(26)13-20(32-23(21)28)15(2)7-5-6-10-25-24(29)30/h6,8-10,12-13,15,25-26H,4-5,7,11,14H2,1-3H3,(H,29,30). The smallest absolute Gasteiger partial charge is 0.408 e. The van der Waals surface area contributed by atoms with Gasteiger partial charge >= 0.3 is 11.7 Å². The average molecular weight is 476 g/mol. The van der Waals surface area contributed by atoms with E-state index in [0.717, 1.165) is 16.2 Å². The molecule has 0 fully saturated rings. The molecule has 2 aromatic rings. The summed E-state index contributed by atoms with van der Waals surface area (Å²) in [6, 6.07) is 5.10. The number of Topliss-reactive ketones (excluding diaryl/α,β-unsaturated/α-hetero) is 1. The molecule has 0 spiro atoms. The number of amides is 1. The van der Waals surface area contributed by atoms with Crippen molar-refractivity contribution in [3.63, 3.8) is 0 Å². The number of nitrogens with one attached hydrogen (secondary N) is 1. The molecule has 0 bridgehead atoms. The summed E-state index contributed by atoms with van der Waals surface area (Å²) in [5.74, 6) is -0.988. The molecule has 0 saturated carbocycles. The fourth-order valence-electron chi connectivity index (χ4n) is 3.00. The first-order chi connectivity index (χ1) is 15.7. The van der Waals surface area contributed by atoms with Crippen molar-refractivity contribution in [3.05, 3.63) is 67.5 Å². The van der Waals surface area contributed by atoms with Gasteiger partial charge in [0.05, 0.1) is 6.61 Å². The summed E-state index contributed by atoms with van der Waals surface area (Å²) in [7, 11) is 0. The summed E-state index contributed by atoms with van der Waals surface area (Å²) < 4.78 is 10.8. The Hall–Kier alpha value is -3.17. The lowest BCUT2D eigenvalue weighted by Gasteiger charge is -2.11. The SMILES string of the molecule is CCCOCc1ccc(C=C(C)C(=O)c2c(O)cc(C(C)CCC=CNC(=O)O)oc2=O)s1. The quantitative estimate of drug-likeness (QED) is 0.216. The van der Waals surface area contributed by atoms with E-state index >= 15 is 0 Å². The first kappa shape index (κ1) is 26.1. The van der Waals surface area contributed by atoms with Crippen molar-refractivity contribution in [1.82, 2.24) is 5.32 Å². The Balaban J connectivity index is 2.09. The largest absolute Gasteiger partial charge is 0.507 e. The van der Waals surface area contributed by atoms with Crippen molar-refractivity contribution in [2.24, 2.45) is 0 Å². The lowest BCUT2D eigenvalue weighted by Crippen LogP contribution is -2.16. The molecule has 9 heteroatoms. The van der Waals surface area contributed by atoms with Crippen molar-refractivity contribution in [1.29, 1.82) is 0 Å². The van der Waals surface area contributed by atoms with E-state index in [1.807, 2.05) is 19.1 Å². The number of rotatable bonds is 12. The molecular weight excluding hydrogens is 446 g/mol. The van der Waals surface area contributed by atoms with Crippen LogP contribution in [-0.2, 0) is 11.3 Å². The molecule has 0 aromatic carbocycles. The van der Waals surface area contributed by atoms with E-state index in [1.54, 1.807) is 26.0 Å². The molecule has 2 aromatic heterocycles. The zero-order chi connectivity index (χ0) is 24.4. The van der Waals surface area contributed by atoms with Gasteiger partial charge in [-0.25, -0.2) is 9.59 Å². The minimum Gasteiger partial charge on any atom is -0.507 e. The van der Waals surface area contributed by atoms with Crippen LogP contribution in [0.15, 0.2) is 45.3 Å². The number of aromatic hydroxyl groups is 1. The Morgan fingerprint density at radius 1 is 1.33 bits per heavy atom. The summed E-state index contributed by atoms with van der Waals surface area (Å²) in [5.41, 5.74) is -0.983. The van der Waals surface area contributed by atoms with E-state index in [2.05, 4.69) is 5.32 Å². The number of carbonyl (C=O) groups excluding carboxylic acids is 1. The number of carboxylic acid groups (broad SMARTS) is 1. The Kier molecular flexibility index (Phi) is 10.1. The molecule has 0 saturated heterocycles. The van der Waals surface area contributed by atoms with Crippen molar-refractivity contribution >= 4 is 29.3 Å². The topological polar surface area (TPSA) is 126 Å². The van der Waals surface area contributed by atoms with Crippen molar-refractivity contribution in [2.45, 2.75) is 52.6 Å². The van der Waals surface area contributed by atoms with Gasteiger partial charge < -0.3 is 19.4 Å². The summed E-state index contributed by atoms with van der Waals surface area (Å²) >= 11 is 1.49. The maximum Gasteiger partial charge on any atom is 0.408 e. The third-order valence-corrected chi connectivity index (χ3v) is 5.75. The van der Waals surface area contributed by atoms with Gasteiger partial charge in [-0.3, -0.25) is 10.1 Å². The Morgan fingerprint density at radius 3 is 2.76 bits per heavy atom. The van der Waals surface area contributed by atoms with E-state index in [-0.39, 0.29) is 11.7 Å². The van der Waals surface area contributed by atoms with Gasteiger partial charge in [-0.1, -0.05) is 19.9 Å². The molecule has 2 rings (SSSR count). The summed E-state index contributed by atoms with van der Waals surface area (Å²) in [4.78, 5) is 37.6. The van der Waals surface area contributed by atoms with E-state index in [0.29, 0.717) is 31.6 Å². The number of hydrogen-bond acceptors (Lipinski definition) is 7. The minimum absolute atomic E-state index is 0.224. The van der Waals surface area contributed by atoms with Crippen LogP contribution in [0.25, 0.3) is 6.08 Å². The average Bonchev–Trinajstić information content (AvgIpc) is 3.19. The van der Waals surface area contributed by atoms with Crippen LogP contribution in [0, 0.1) is 0 Å². The highest BCUT2D eigenvalue weighted by molar-refractivity contribution is 7.12. The third kappa shape index (κ3) is 8.03. The lowest BCUT2D eigenvalue weighted by atomic mass is 10.00. The maximum absolute atomic E-state index is 12.8. The van der Waals surface area contributed by atoms with Crippen LogP contribution in [-0.4, -0.2) is 28.7 Å². The molecule has 8 nitrogen and oxygen atoms in total. The molecule has 0 aliphatic carbocycles. The summed E-state index contributed by atoms with van der Waals surface area (Å²) in [6.07, 6.45) is 5.49. The lowest BCUT2D eigenvalue weighted by molar-refractivity contribution is 0.102. The Bertz CT molecular complexity index is 1080.